The average molecular weight is 269 g/mol. The zero-order valence-electron chi connectivity index (χ0n) is 8.15. The fourth-order valence-corrected chi connectivity index (χ4v) is 1.82. The first-order valence-electron chi connectivity index (χ1n) is 4.28. The summed E-state index contributed by atoms with van der Waals surface area (Å²) in [6.45, 7) is 0.220. The van der Waals surface area contributed by atoms with Crippen LogP contribution < -0.4 is 4.74 Å². The molecule has 1 aromatic carbocycles. The first kappa shape index (κ1) is 12.9. The molecule has 3 nitrogen and oxygen atoms in total. The van der Waals surface area contributed by atoms with Gasteiger partial charge < -0.3 is 9.26 Å². The van der Waals surface area contributed by atoms with Crippen molar-refractivity contribution in [1.29, 1.82) is 0 Å². The lowest BCUT2D eigenvalue weighted by Crippen LogP contribution is -1.94. The van der Waals surface area contributed by atoms with E-state index in [9.17, 15) is 4.57 Å². The second-order valence-corrected chi connectivity index (χ2v) is 7.13. The minimum absolute atomic E-state index is 0.220. The van der Waals surface area contributed by atoms with Crippen molar-refractivity contribution in [2.45, 2.75) is 6.42 Å². The van der Waals surface area contributed by atoms with Crippen molar-refractivity contribution >= 4 is 28.6 Å². The lowest BCUT2D eigenvalue weighted by molar-refractivity contribution is 0.337. The topological polar surface area (TPSA) is 35.5 Å². The molecule has 0 fully saturated rings. The summed E-state index contributed by atoms with van der Waals surface area (Å²) in [5.41, 5.74) is 1.01. The van der Waals surface area contributed by atoms with Crippen LogP contribution in [0.4, 0.5) is 0 Å². The first-order valence-corrected chi connectivity index (χ1v) is 7.71. The molecule has 0 spiro atoms. The zero-order valence-corrected chi connectivity index (χ0v) is 10.6. The van der Waals surface area contributed by atoms with E-state index in [0.29, 0.717) is 6.42 Å². The van der Waals surface area contributed by atoms with Crippen LogP contribution >= 0.6 is 28.6 Å². The molecule has 1 rings (SSSR count). The van der Waals surface area contributed by atoms with Gasteiger partial charge in [0.1, 0.15) is 5.75 Å². The quantitative estimate of drug-likeness (QED) is 0.762. The van der Waals surface area contributed by atoms with E-state index < -0.39 is 6.07 Å². The van der Waals surface area contributed by atoms with E-state index in [-0.39, 0.29) is 6.61 Å². The molecule has 0 saturated heterocycles. The highest BCUT2D eigenvalue weighted by Gasteiger charge is 2.13. The number of rotatable bonds is 5. The van der Waals surface area contributed by atoms with Crippen molar-refractivity contribution in [3.05, 3.63) is 29.8 Å². The summed E-state index contributed by atoms with van der Waals surface area (Å²) in [6.07, 6.45) is -2.82. The Balaban J connectivity index is 2.47. The molecule has 0 amide bonds. The van der Waals surface area contributed by atoms with Crippen molar-refractivity contribution in [1.82, 2.24) is 0 Å². The molecule has 0 N–H and O–H groups in total. The predicted octanol–water partition coefficient (Wildman–Crippen LogP) is 3.84. The molecule has 0 unspecified atom stereocenters. The minimum Gasteiger partial charge on any atom is -0.497 e. The van der Waals surface area contributed by atoms with Gasteiger partial charge >= 0.3 is 6.07 Å². The third-order valence-corrected chi connectivity index (χ3v) is 2.84. The van der Waals surface area contributed by atoms with Gasteiger partial charge in [0.15, 0.2) is 0 Å². The Kier molecular flexibility index (Phi) is 4.94. The van der Waals surface area contributed by atoms with E-state index in [1.54, 1.807) is 7.11 Å². The van der Waals surface area contributed by atoms with E-state index in [1.807, 2.05) is 24.3 Å². The van der Waals surface area contributed by atoms with Crippen LogP contribution in [0.15, 0.2) is 24.3 Å². The Morgan fingerprint density at radius 1 is 1.40 bits per heavy atom. The van der Waals surface area contributed by atoms with Crippen LogP contribution in [0.5, 0.6) is 5.75 Å². The monoisotopic (exact) mass is 268 g/mol. The molecule has 0 saturated carbocycles. The third kappa shape index (κ3) is 5.43. The van der Waals surface area contributed by atoms with E-state index in [2.05, 4.69) is 0 Å². The van der Waals surface area contributed by atoms with Crippen LogP contribution in [0.1, 0.15) is 5.56 Å². The molecule has 84 valence electrons. The number of ether oxygens (including phenoxy) is 1. The van der Waals surface area contributed by atoms with Crippen molar-refractivity contribution < 1.29 is 13.8 Å². The van der Waals surface area contributed by atoms with Gasteiger partial charge in [0.2, 0.25) is 0 Å². The smallest absolute Gasteiger partial charge is 0.380 e. The summed E-state index contributed by atoms with van der Waals surface area (Å²) in [4.78, 5) is 0. The van der Waals surface area contributed by atoms with Gasteiger partial charge in [0, 0.05) is 0 Å². The summed E-state index contributed by atoms with van der Waals surface area (Å²) in [7, 11) is 1.60. The Morgan fingerprint density at radius 3 is 2.73 bits per heavy atom. The molecular formula is C9H11Cl2O3P. The van der Waals surface area contributed by atoms with Gasteiger partial charge in [0.25, 0.3) is 0 Å². The van der Waals surface area contributed by atoms with E-state index in [4.69, 9.17) is 31.7 Å². The molecule has 0 atom stereocenters. The Bertz CT molecular complexity index is 364. The van der Waals surface area contributed by atoms with Crippen LogP contribution in [0.25, 0.3) is 0 Å². The first-order chi connectivity index (χ1) is 7.01. The van der Waals surface area contributed by atoms with Crippen molar-refractivity contribution in [2.75, 3.05) is 13.7 Å². The SMILES string of the molecule is COc1cccc(CCOP(=O)(Cl)Cl)c1. The second-order valence-electron chi connectivity index (χ2n) is 2.85. The van der Waals surface area contributed by atoms with E-state index >= 15 is 0 Å². The summed E-state index contributed by atoms with van der Waals surface area (Å²) in [5, 5.41) is 0. The fraction of sp³-hybridized carbons (Fsp3) is 0.333. The number of hydrogen-bond acceptors (Lipinski definition) is 3. The highest BCUT2D eigenvalue weighted by atomic mass is 35.9. The largest absolute Gasteiger partial charge is 0.497 e. The zero-order chi connectivity index (χ0) is 11.3. The van der Waals surface area contributed by atoms with Crippen molar-refractivity contribution in [3.63, 3.8) is 0 Å². The molecule has 0 aromatic heterocycles. The Labute approximate surface area is 98.3 Å². The number of benzene rings is 1. The molecule has 0 aliphatic rings. The number of methoxy groups -OCH3 is 1. The van der Waals surface area contributed by atoms with Crippen LogP contribution in [0, 0.1) is 0 Å². The lowest BCUT2D eigenvalue weighted by Gasteiger charge is -2.05. The standard InChI is InChI=1S/C9H11Cl2O3P/c1-13-9-4-2-3-8(7-9)5-6-14-15(10,11)12/h2-4,7H,5-6H2,1H3. The maximum Gasteiger partial charge on any atom is 0.380 e. The fourth-order valence-electron chi connectivity index (χ4n) is 1.10. The van der Waals surface area contributed by atoms with Crippen LogP contribution in [-0.4, -0.2) is 13.7 Å². The highest BCUT2D eigenvalue weighted by molar-refractivity contribution is 8.05. The maximum absolute atomic E-state index is 10.8. The summed E-state index contributed by atoms with van der Waals surface area (Å²) >= 11 is 10.5. The summed E-state index contributed by atoms with van der Waals surface area (Å²) in [5.74, 6) is 0.771. The van der Waals surface area contributed by atoms with Gasteiger partial charge in [-0.2, -0.15) is 0 Å². The van der Waals surface area contributed by atoms with Gasteiger partial charge in [-0.1, -0.05) is 12.1 Å². The van der Waals surface area contributed by atoms with Gasteiger partial charge in [0.05, 0.1) is 13.7 Å². The molecule has 0 radical (unpaired) electrons. The number of hydrogen-bond donors (Lipinski definition) is 0. The predicted molar refractivity (Wildman–Crippen MR) is 62.0 cm³/mol. The van der Waals surface area contributed by atoms with Crippen LogP contribution in [0.3, 0.4) is 0 Å². The van der Waals surface area contributed by atoms with Gasteiger partial charge in [-0.3, -0.25) is 4.57 Å². The van der Waals surface area contributed by atoms with Crippen molar-refractivity contribution in [3.8, 4) is 5.75 Å². The maximum atomic E-state index is 10.8. The second kappa shape index (κ2) is 5.76. The molecule has 0 bridgehead atoms. The van der Waals surface area contributed by atoms with Gasteiger partial charge in [-0.25, -0.2) is 0 Å². The van der Waals surface area contributed by atoms with Crippen LogP contribution in [-0.2, 0) is 15.5 Å². The van der Waals surface area contributed by atoms with E-state index in [1.165, 1.54) is 0 Å². The Morgan fingerprint density at radius 2 is 2.13 bits per heavy atom. The van der Waals surface area contributed by atoms with E-state index in [0.717, 1.165) is 11.3 Å². The van der Waals surface area contributed by atoms with Gasteiger partial charge in [-0.15, -0.1) is 0 Å². The molecule has 1 aromatic rings. The summed E-state index contributed by atoms with van der Waals surface area (Å²) < 4.78 is 20.6. The van der Waals surface area contributed by atoms with Gasteiger partial charge in [-0.05, 0) is 46.6 Å². The molecule has 0 heterocycles. The van der Waals surface area contributed by atoms with Crippen molar-refractivity contribution in [2.24, 2.45) is 0 Å². The highest BCUT2D eigenvalue weighted by Crippen LogP contribution is 2.57. The molecule has 6 heteroatoms. The lowest BCUT2D eigenvalue weighted by atomic mass is 10.1. The van der Waals surface area contributed by atoms with Crippen LogP contribution in [0.2, 0.25) is 0 Å². The summed E-state index contributed by atoms with van der Waals surface area (Å²) in [6, 6.07) is 7.50. The minimum atomic E-state index is -3.41. The third-order valence-electron chi connectivity index (χ3n) is 1.77. The molecule has 0 aliphatic carbocycles. The number of halogens is 2. The Hall–Kier alpha value is -0.210. The molecule has 0 aliphatic heterocycles. The molecular weight excluding hydrogens is 258 g/mol. The molecule has 15 heavy (non-hydrogen) atoms. The normalized spacial score (nSPS) is 11.4. The average Bonchev–Trinajstić information content (AvgIpc) is 2.16.